The summed E-state index contributed by atoms with van der Waals surface area (Å²) in [6.45, 7) is 5.01. The lowest BCUT2D eigenvalue weighted by atomic mass is 10.2. The summed E-state index contributed by atoms with van der Waals surface area (Å²) in [5.41, 5.74) is 6.89. The Hall–Kier alpha value is -0.830. The van der Waals surface area contributed by atoms with E-state index in [1.165, 1.54) is 5.69 Å². The maximum Gasteiger partial charge on any atom is 0.0492 e. The third-order valence-electron chi connectivity index (χ3n) is 1.64. The van der Waals surface area contributed by atoms with Crippen molar-refractivity contribution >= 4 is 0 Å². The number of nitrogens with zero attached hydrogens (tertiary/aromatic N) is 2. The van der Waals surface area contributed by atoms with E-state index in [1.807, 2.05) is 23.9 Å². The van der Waals surface area contributed by atoms with E-state index in [2.05, 4.69) is 12.0 Å². The Morgan fingerprint density at radius 1 is 1.73 bits per heavy atom. The normalized spacial score (nSPS) is 13.4. The molecule has 1 aromatic heterocycles. The van der Waals surface area contributed by atoms with Gasteiger partial charge in [0.2, 0.25) is 0 Å². The molecule has 1 heterocycles. The molecule has 0 saturated heterocycles. The average molecular weight is 153 g/mol. The molecule has 0 aliphatic rings. The molecule has 3 heteroatoms. The van der Waals surface area contributed by atoms with Crippen LogP contribution in [0.2, 0.25) is 0 Å². The monoisotopic (exact) mass is 153 g/mol. The van der Waals surface area contributed by atoms with E-state index < -0.39 is 0 Å². The zero-order valence-corrected chi connectivity index (χ0v) is 7.12. The van der Waals surface area contributed by atoms with Gasteiger partial charge in [-0.05, 0) is 19.9 Å². The van der Waals surface area contributed by atoms with Crippen LogP contribution in [0.5, 0.6) is 0 Å². The Morgan fingerprint density at radius 2 is 2.45 bits per heavy atom. The largest absolute Gasteiger partial charge is 0.328 e. The van der Waals surface area contributed by atoms with Crippen molar-refractivity contribution in [2.75, 3.05) is 0 Å². The van der Waals surface area contributed by atoms with Crippen LogP contribution >= 0.6 is 0 Å². The van der Waals surface area contributed by atoms with E-state index in [-0.39, 0.29) is 6.04 Å². The molecule has 0 saturated carbocycles. The van der Waals surface area contributed by atoms with Crippen LogP contribution in [0.15, 0.2) is 12.3 Å². The van der Waals surface area contributed by atoms with Gasteiger partial charge in [0.15, 0.2) is 0 Å². The van der Waals surface area contributed by atoms with Crippen LogP contribution in [0.1, 0.15) is 19.5 Å². The van der Waals surface area contributed by atoms with E-state index >= 15 is 0 Å². The highest BCUT2D eigenvalue weighted by atomic mass is 15.3. The highest BCUT2D eigenvalue weighted by molar-refractivity contribution is 5.01. The van der Waals surface area contributed by atoms with E-state index in [0.717, 1.165) is 13.0 Å². The molecule has 0 radical (unpaired) electrons. The fourth-order valence-corrected chi connectivity index (χ4v) is 1.15. The molecule has 1 atom stereocenters. The smallest absolute Gasteiger partial charge is 0.0492 e. The summed E-state index contributed by atoms with van der Waals surface area (Å²) >= 11 is 0. The average Bonchev–Trinajstić information content (AvgIpc) is 2.34. The third kappa shape index (κ3) is 2.05. The molecule has 1 rings (SSSR count). The first-order valence-electron chi connectivity index (χ1n) is 4.00. The number of nitrogens with two attached hydrogens (primary N) is 1. The van der Waals surface area contributed by atoms with Crippen molar-refractivity contribution in [3.8, 4) is 0 Å². The van der Waals surface area contributed by atoms with Gasteiger partial charge in [0.1, 0.15) is 0 Å². The number of hydrogen-bond acceptors (Lipinski definition) is 2. The standard InChI is InChI=1S/C8H15N3/c1-3-11-8(4-5-10-11)6-7(2)9/h4-5,7H,3,6,9H2,1-2H3. The fraction of sp³-hybridized carbons (Fsp3) is 0.625. The van der Waals surface area contributed by atoms with Gasteiger partial charge >= 0.3 is 0 Å². The predicted molar refractivity (Wildman–Crippen MR) is 45.3 cm³/mol. The van der Waals surface area contributed by atoms with Crippen LogP contribution < -0.4 is 5.73 Å². The van der Waals surface area contributed by atoms with E-state index in [4.69, 9.17) is 5.73 Å². The summed E-state index contributed by atoms with van der Waals surface area (Å²) < 4.78 is 1.98. The van der Waals surface area contributed by atoms with Gasteiger partial charge in [-0.2, -0.15) is 5.10 Å². The molecule has 0 amide bonds. The Balaban J connectivity index is 2.68. The van der Waals surface area contributed by atoms with E-state index in [0.29, 0.717) is 0 Å². The lowest BCUT2D eigenvalue weighted by molar-refractivity contribution is 0.595. The maximum absolute atomic E-state index is 5.67. The molecular formula is C8H15N3. The first-order chi connectivity index (χ1) is 5.24. The minimum absolute atomic E-state index is 0.219. The molecule has 0 bridgehead atoms. The molecular weight excluding hydrogens is 138 g/mol. The van der Waals surface area contributed by atoms with Crippen molar-refractivity contribution in [2.45, 2.75) is 32.9 Å². The Labute approximate surface area is 67.2 Å². The van der Waals surface area contributed by atoms with Crippen LogP contribution in [0.4, 0.5) is 0 Å². The molecule has 3 nitrogen and oxygen atoms in total. The van der Waals surface area contributed by atoms with Crippen LogP contribution in [0.3, 0.4) is 0 Å². The highest BCUT2D eigenvalue weighted by Crippen LogP contribution is 2.01. The Kier molecular flexibility index (Phi) is 2.65. The van der Waals surface area contributed by atoms with Gasteiger partial charge in [0, 0.05) is 30.9 Å². The zero-order chi connectivity index (χ0) is 8.27. The van der Waals surface area contributed by atoms with Crippen LogP contribution in [-0.2, 0) is 13.0 Å². The molecule has 62 valence electrons. The van der Waals surface area contributed by atoms with E-state index in [9.17, 15) is 0 Å². The van der Waals surface area contributed by atoms with Crippen LogP contribution in [-0.4, -0.2) is 15.8 Å². The van der Waals surface area contributed by atoms with Crippen molar-refractivity contribution in [2.24, 2.45) is 5.73 Å². The first kappa shape index (κ1) is 8.27. The number of hydrogen-bond donors (Lipinski definition) is 1. The van der Waals surface area contributed by atoms with Crippen molar-refractivity contribution < 1.29 is 0 Å². The summed E-state index contributed by atoms with van der Waals surface area (Å²) in [6.07, 6.45) is 2.73. The fourth-order valence-electron chi connectivity index (χ4n) is 1.15. The van der Waals surface area contributed by atoms with Gasteiger partial charge in [0.05, 0.1) is 0 Å². The highest BCUT2D eigenvalue weighted by Gasteiger charge is 2.02. The molecule has 0 fully saturated rings. The van der Waals surface area contributed by atoms with E-state index in [1.54, 1.807) is 0 Å². The van der Waals surface area contributed by atoms with Crippen LogP contribution in [0, 0.1) is 0 Å². The first-order valence-corrected chi connectivity index (χ1v) is 4.00. The summed E-state index contributed by atoms with van der Waals surface area (Å²) in [4.78, 5) is 0. The Morgan fingerprint density at radius 3 is 3.00 bits per heavy atom. The van der Waals surface area contributed by atoms with Gasteiger partial charge < -0.3 is 5.73 Å². The lowest BCUT2D eigenvalue weighted by Gasteiger charge is -2.06. The van der Waals surface area contributed by atoms with Gasteiger partial charge in [-0.3, -0.25) is 4.68 Å². The van der Waals surface area contributed by atoms with Crippen LogP contribution in [0.25, 0.3) is 0 Å². The van der Waals surface area contributed by atoms with Gasteiger partial charge in [0.25, 0.3) is 0 Å². The second-order valence-corrected chi connectivity index (χ2v) is 2.82. The van der Waals surface area contributed by atoms with Gasteiger partial charge in [-0.15, -0.1) is 0 Å². The molecule has 0 aliphatic heterocycles. The summed E-state index contributed by atoms with van der Waals surface area (Å²) in [5, 5.41) is 4.15. The molecule has 0 aromatic carbocycles. The quantitative estimate of drug-likeness (QED) is 0.697. The second kappa shape index (κ2) is 3.53. The second-order valence-electron chi connectivity index (χ2n) is 2.82. The minimum atomic E-state index is 0.219. The van der Waals surface area contributed by atoms with Gasteiger partial charge in [-0.25, -0.2) is 0 Å². The summed E-state index contributed by atoms with van der Waals surface area (Å²) in [6, 6.07) is 2.24. The minimum Gasteiger partial charge on any atom is -0.328 e. The molecule has 2 N–H and O–H groups in total. The van der Waals surface area contributed by atoms with Crippen molar-refractivity contribution in [1.29, 1.82) is 0 Å². The lowest BCUT2D eigenvalue weighted by Crippen LogP contribution is -2.20. The van der Waals surface area contributed by atoms with Gasteiger partial charge in [-0.1, -0.05) is 0 Å². The molecule has 1 unspecified atom stereocenters. The van der Waals surface area contributed by atoms with Crippen molar-refractivity contribution in [1.82, 2.24) is 9.78 Å². The molecule has 0 spiro atoms. The Bertz CT molecular complexity index is 215. The number of aromatic nitrogens is 2. The maximum atomic E-state index is 5.67. The van der Waals surface area contributed by atoms with Crippen molar-refractivity contribution in [3.63, 3.8) is 0 Å². The third-order valence-corrected chi connectivity index (χ3v) is 1.64. The molecule has 11 heavy (non-hydrogen) atoms. The summed E-state index contributed by atoms with van der Waals surface area (Å²) in [7, 11) is 0. The SMILES string of the molecule is CCn1nccc1CC(C)N. The predicted octanol–water partition coefficient (Wildman–Crippen LogP) is 0.793. The van der Waals surface area contributed by atoms with Crippen molar-refractivity contribution in [3.05, 3.63) is 18.0 Å². The molecule has 0 aliphatic carbocycles. The topological polar surface area (TPSA) is 43.8 Å². The number of aryl methyl sites for hydroxylation is 1. The zero-order valence-electron chi connectivity index (χ0n) is 7.12. The molecule has 1 aromatic rings. The summed E-state index contributed by atoms with van der Waals surface area (Å²) in [5.74, 6) is 0. The number of rotatable bonds is 3.